The first-order chi connectivity index (χ1) is 7.53. The molecule has 1 unspecified atom stereocenters. The Morgan fingerprint density at radius 2 is 2.19 bits per heavy atom. The van der Waals surface area contributed by atoms with Crippen molar-refractivity contribution in [3.63, 3.8) is 0 Å². The highest BCUT2D eigenvalue weighted by atomic mass is 19.1. The molecule has 86 valence electrons. The lowest BCUT2D eigenvalue weighted by atomic mass is 10.1. The lowest BCUT2D eigenvalue weighted by molar-refractivity contribution is -0.0349. The zero-order valence-corrected chi connectivity index (χ0v) is 9.16. The first-order valence-corrected chi connectivity index (χ1v) is 4.94. The van der Waals surface area contributed by atoms with Crippen LogP contribution < -0.4 is 0 Å². The number of fused-ring (bicyclic) bond motifs is 1. The van der Waals surface area contributed by atoms with Crippen LogP contribution in [-0.4, -0.2) is 18.8 Å². The van der Waals surface area contributed by atoms with Crippen molar-refractivity contribution in [1.29, 1.82) is 0 Å². The van der Waals surface area contributed by atoms with E-state index in [0.717, 1.165) is 0 Å². The smallest absolute Gasteiger partial charge is 0.142 e. The van der Waals surface area contributed by atoms with E-state index in [4.69, 9.17) is 9.15 Å². The Hall–Kier alpha value is -1.39. The third kappa shape index (κ3) is 1.94. The van der Waals surface area contributed by atoms with E-state index in [-0.39, 0.29) is 12.4 Å². The van der Waals surface area contributed by atoms with Crippen LogP contribution in [0.1, 0.15) is 12.7 Å². The van der Waals surface area contributed by atoms with E-state index in [1.165, 1.54) is 25.3 Å². The van der Waals surface area contributed by atoms with E-state index >= 15 is 0 Å². The molecule has 3 nitrogen and oxygen atoms in total. The van der Waals surface area contributed by atoms with Crippen LogP contribution in [0.25, 0.3) is 11.0 Å². The Bertz CT molecular complexity index is 502. The van der Waals surface area contributed by atoms with Gasteiger partial charge in [0.2, 0.25) is 0 Å². The largest absolute Gasteiger partial charge is 0.458 e. The zero-order chi connectivity index (χ0) is 11.8. The predicted molar refractivity (Wildman–Crippen MR) is 57.6 cm³/mol. The van der Waals surface area contributed by atoms with E-state index in [2.05, 4.69) is 0 Å². The standard InChI is InChI=1S/C12H13FO3/c1-12(14,7-15-2)11-6-8-5-9(13)3-4-10(8)16-11/h3-6,14H,7H2,1-2H3. The van der Waals surface area contributed by atoms with Crippen LogP contribution in [0, 0.1) is 5.82 Å². The van der Waals surface area contributed by atoms with Crippen LogP contribution >= 0.6 is 0 Å². The van der Waals surface area contributed by atoms with Crippen molar-refractivity contribution in [3.8, 4) is 0 Å². The summed E-state index contributed by atoms with van der Waals surface area (Å²) in [7, 11) is 1.50. The number of benzene rings is 1. The highest BCUT2D eigenvalue weighted by Crippen LogP contribution is 2.28. The number of hydrogen-bond donors (Lipinski definition) is 1. The number of furan rings is 1. The topological polar surface area (TPSA) is 42.6 Å². The van der Waals surface area contributed by atoms with Gasteiger partial charge in [0.1, 0.15) is 22.8 Å². The average molecular weight is 224 g/mol. The monoisotopic (exact) mass is 224 g/mol. The summed E-state index contributed by atoms with van der Waals surface area (Å²) in [5, 5.41) is 10.7. The molecule has 0 radical (unpaired) electrons. The second kappa shape index (κ2) is 3.88. The van der Waals surface area contributed by atoms with Crippen LogP contribution in [0.4, 0.5) is 4.39 Å². The van der Waals surface area contributed by atoms with Crippen molar-refractivity contribution >= 4 is 11.0 Å². The van der Waals surface area contributed by atoms with Gasteiger partial charge in [-0.05, 0) is 31.2 Å². The highest BCUT2D eigenvalue weighted by Gasteiger charge is 2.27. The fourth-order valence-corrected chi connectivity index (χ4v) is 1.63. The summed E-state index contributed by atoms with van der Waals surface area (Å²) in [6, 6.07) is 5.85. The minimum absolute atomic E-state index is 0.120. The van der Waals surface area contributed by atoms with Gasteiger partial charge >= 0.3 is 0 Å². The molecular weight excluding hydrogens is 211 g/mol. The van der Waals surface area contributed by atoms with E-state index < -0.39 is 5.60 Å². The van der Waals surface area contributed by atoms with Gasteiger partial charge in [0.15, 0.2) is 0 Å². The van der Waals surface area contributed by atoms with E-state index in [9.17, 15) is 9.50 Å². The second-order valence-corrected chi connectivity index (χ2v) is 4.00. The minimum atomic E-state index is -1.20. The van der Waals surface area contributed by atoms with Crippen LogP contribution in [0.2, 0.25) is 0 Å². The molecule has 0 aliphatic heterocycles. The molecule has 0 aliphatic rings. The Morgan fingerprint density at radius 3 is 2.88 bits per heavy atom. The minimum Gasteiger partial charge on any atom is -0.458 e. The van der Waals surface area contributed by atoms with E-state index in [0.29, 0.717) is 16.7 Å². The van der Waals surface area contributed by atoms with Crippen LogP contribution in [0.3, 0.4) is 0 Å². The van der Waals surface area contributed by atoms with Gasteiger partial charge in [0.05, 0.1) is 6.61 Å². The number of hydrogen-bond acceptors (Lipinski definition) is 3. The average Bonchev–Trinajstić information content (AvgIpc) is 2.61. The number of halogens is 1. The summed E-state index contributed by atoms with van der Waals surface area (Å²) in [5.74, 6) is 0.0428. The zero-order valence-electron chi connectivity index (χ0n) is 9.16. The van der Waals surface area contributed by atoms with Gasteiger partial charge in [-0.25, -0.2) is 4.39 Å². The molecule has 16 heavy (non-hydrogen) atoms. The number of methoxy groups -OCH3 is 1. The Balaban J connectivity index is 2.46. The van der Waals surface area contributed by atoms with Gasteiger partial charge in [-0.15, -0.1) is 0 Å². The molecule has 0 saturated carbocycles. The maximum Gasteiger partial charge on any atom is 0.142 e. The van der Waals surface area contributed by atoms with E-state index in [1.807, 2.05) is 0 Å². The summed E-state index contributed by atoms with van der Waals surface area (Å²) >= 11 is 0. The summed E-state index contributed by atoms with van der Waals surface area (Å²) in [5.41, 5.74) is -0.655. The molecular formula is C12H13FO3. The second-order valence-electron chi connectivity index (χ2n) is 4.00. The Morgan fingerprint density at radius 1 is 1.44 bits per heavy atom. The quantitative estimate of drug-likeness (QED) is 0.870. The molecule has 1 aromatic carbocycles. The van der Waals surface area contributed by atoms with Crippen molar-refractivity contribution < 1.29 is 18.7 Å². The van der Waals surface area contributed by atoms with Crippen LogP contribution in [0.15, 0.2) is 28.7 Å². The molecule has 0 aliphatic carbocycles. The van der Waals surface area contributed by atoms with Crippen molar-refractivity contribution in [2.75, 3.05) is 13.7 Å². The molecule has 1 N–H and O–H groups in total. The molecule has 1 atom stereocenters. The first kappa shape index (κ1) is 11.1. The molecule has 0 bridgehead atoms. The molecule has 1 heterocycles. The molecule has 4 heteroatoms. The predicted octanol–water partition coefficient (Wildman–Crippen LogP) is 2.43. The van der Waals surface area contributed by atoms with E-state index in [1.54, 1.807) is 13.0 Å². The van der Waals surface area contributed by atoms with Gasteiger partial charge in [-0.2, -0.15) is 0 Å². The number of ether oxygens (including phenoxy) is 1. The van der Waals surface area contributed by atoms with Crippen molar-refractivity contribution in [1.82, 2.24) is 0 Å². The third-order valence-corrected chi connectivity index (χ3v) is 2.43. The van der Waals surface area contributed by atoms with Crippen LogP contribution in [-0.2, 0) is 10.3 Å². The summed E-state index contributed by atoms with van der Waals surface area (Å²) in [4.78, 5) is 0. The Kier molecular flexibility index (Phi) is 2.69. The Labute approximate surface area is 92.4 Å². The molecule has 2 aromatic rings. The lowest BCUT2D eigenvalue weighted by Crippen LogP contribution is -2.26. The number of aliphatic hydroxyl groups is 1. The molecule has 0 fully saturated rings. The molecule has 1 aromatic heterocycles. The molecule has 0 amide bonds. The highest BCUT2D eigenvalue weighted by molar-refractivity contribution is 5.78. The lowest BCUT2D eigenvalue weighted by Gasteiger charge is -2.18. The number of rotatable bonds is 3. The van der Waals surface area contributed by atoms with Gasteiger partial charge in [-0.3, -0.25) is 0 Å². The normalized spacial score (nSPS) is 15.2. The van der Waals surface area contributed by atoms with Crippen molar-refractivity contribution in [2.45, 2.75) is 12.5 Å². The summed E-state index contributed by atoms with van der Waals surface area (Å²) < 4.78 is 23.3. The maximum absolute atomic E-state index is 13.0. The molecule has 2 rings (SSSR count). The van der Waals surface area contributed by atoms with Gasteiger partial charge < -0.3 is 14.3 Å². The van der Waals surface area contributed by atoms with Gasteiger partial charge in [0, 0.05) is 12.5 Å². The van der Waals surface area contributed by atoms with Gasteiger partial charge in [0.25, 0.3) is 0 Å². The third-order valence-electron chi connectivity index (χ3n) is 2.43. The fraction of sp³-hybridized carbons (Fsp3) is 0.333. The van der Waals surface area contributed by atoms with Crippen LogP contribution in [0.5, 0.6) is 0 Å². The molecule has 0 spiro atoms. The van der Waals surface area contributed by atoms with Crippen molar-refractivity contribution in [2.24, 2.45) is 0 Å². The van der Waals surface area contributed by atoms with Crippen molar-refractivity contribution in [3.05, 3.63) is 35.8 Å². The molecule has 0 saturated heterocycles. The van der Waals surface area contributed by atoms with Gasteiger partial charge in [-0.1, -0.05) is 0 Å². The summed E-state index contributed by atoms with van der Waals surface area (Å²) in [6.45, 7) is 1.71. The SMILES string of the molecule is COCC(C)(O)c1cc2cc(F)ccc2o1. The maximum atomic E-state index is 13.0. The first-order valence-electron chi connectivity index (χ1n) is 4.94. The fourth-order valence-electron chi connectivity index (χ4n) is 1.63. The summed E-state index contributed by atoms with van der Waals surface area (Å²) in [6.07, 6.45) is 0.